The van der Waals surface area contributed by atoms with Gasteiger partial charge in [0.1, 0.15) is 0 Å². The summed E-state index contributed by atoms with van der Waals surface area (Å²) in [5, 5.41) is 0. The van der Waals surface area contributed by atoms with Crippen LogP contribution in [0.5, 0.6) is 0 Å². The molecule has 0 bridgehead atoms. The molecule has 0 N–H and O–H groups in total. The van der Waals surface area contributed by atoms with Crippen molar-refractivity contribution >= 4 is 21.3 Å². The fraction of sp³-hybridized carbons (Fsp3) is 0.875. The van der Waals surface area contributed by atoms with Gasteiger partial charge in [-0.3, -0.25) is 4.79 Å². The van der Waals surface area contributed by atoms with Crippen LogP contribution in [0.4, 0.5) is 0 Å². The van der Waals surface area contributed by atoms with Crippen LogP contribution < -0.4 is 0 Å². The SMILES string of the molecule is [B]CC(C)C(C)C[B]OC(C)=O. The average molecular weight is 165 g/mol. The van der Waals surface area contributed by atoms with Crippen molar-refractivity contribution in [1.29, 1.82) is 0 Å². The summed E-state index contributed by atoms with van der Waals surface area (Å²) in [4.78, 5) is 10.4. The average Bonchev–Trinajstić information content (AvgIpc) is 2.02. The van der Waals surface area contributed by atoms with Crippen LogP contribution in [0, 0.1) is 11.8 Å². The van der Waals surface area contributed by atoms with E-state index in [1.54, 1.807) is 7.48 Å². The molecule has 0 rings (SSSR count). The van der Waals surface area contributed by atoms with E-state index >= 15 is 0 Å². The minimum atomic E-state index is -0.261. The van der Waals surface area contributed by atoms with Crippen LogP contribution in [-0.4, -0.2) is 21.3 Å². The molecule has 12 heavy (non-hydrogen) atoms. The maximum atomic E-state index is 10.4. The van der Waals surface area contributed by atoms with Crippen LogP contribution in [0.25, 0.3) is 0 Å². The van der Waals surface area contributed by atoms with Gasteiger partial charge in [0.15, 0.2) is 0 Å². The van der Waals surface area contributed by atoms with E-state index in [1.165, 1.54) is 6.92 Å². The molecule has 2 unspecified atom stereocenters. The summed E-state index contributed by atoms with van der Waals surface area (Å²) in [6.45, 7) is 5.58. The van der Waals surface area contributed by atoms with E-state index in [-0.39, 0.29) is 5.97 Å². The van der Waals surface area contributed by atoms with Crippen molar-refractivity contribution in [3.63, 3.8) is 0 Å². The maximum Gasteiger partial charge on any atom is 0.374 e. The largest absolute Gasteiger partial charge is 0.539 e. The van der Waals surface area contributed by atoms with Crippen molar-refractivity contribution in [3.05, 3.63) is 0 Å². The van der Waals surface area contributed by atoms with Crippen LogP contribution in [0.2, 0.25) is 12.6 Å². The molecule has 0 aliphatic carbocycles. The van der Waals surface area contributed by atoms with Gasteiger partial charge in [-0.1, -0.05) is 20.2 Å². The number of carbonyl (C=O) groups is 1. The Morgan fingerprint density at radius 1 is 1.50 bits per heavy atom. The van der Waals surface area contributed by atoms with Crippen LogP contribution in [0.3, 0.4) is 0 Å². The van der Waals surface area contributed by atoms with Crippen LogP contribution in [-0.2, 0) is 9.45 Å². The first-order chi connectivity index (χ1) is 5.57. The van der Waals surface area contributed by atoms with Gasteiger partial charge in [-0.05, 0) is 18.2 Å². The van der Waals surface area contributed by atoms with E-state index in [9.17, 15) is 4.79 Å². The van der Waals surface area contributed by atoms with Gasteiger partial charge in [-0.15, -0.1) is 0 Å². The third kappa shape index (κ3) is 5.28. The number of rotatable bonds is 5. The normalized spacial score (nSPS) is 14.9. The van der Waals surface area contributed by atoms with E-state index in [4.69, 9.17) is 12.5 Å². The Bertz CT molecular complexity index is 139. The van der Waals surface area contributed by atoms with Crippen molar-refractivity contribution in [1.82, 2.24) is 0 Å². The second-order valence-corrected chi connectivity index (χ2v) is 3.20. The molecule has 4 heteroatoms. The summed E-state index contributed by atoms with van der Waals surface area (Å²) in [5.41, 5.74) is 0. The van der Waals surface area contributed by atoms with E-state index < -0.39 is 0 Å². The minimum Gasteiger partial charge on any atom is -0.539 e. The second-order valence-electron chi connectivity index (χ2n) is 3.20. The van der Waals surface area contributed by atoms with Crippen molar-refractivity contribution in [2.45, 2.75) is 33.4 Å². The van der Waals surface area contributed by atoms with E-state index in [0.29, 0.717) is 18.2 Å². The number of hydrogen-bond donors (Lipinski definition) is 0. The van der Waals surface area contributed by atoms with Crippen molar-refractivity contribution in [2.75, 3.05) is 0 Å². The molecule has 2 nitrogen and oxygen atoms in total. The lowest BCUT2D eigenvalue weighted by Crippen LogP contribution is -2.13. The van der Waals surface area contributed by atoms with Gasteiger partial charge < -0.3 is 4.65 Å². The molecule has 0 aliphatic heterocycles. The monoisotopic (exact) mass is 165 g/mol. The Kier molecular flexibility index (Phi) is 5.95. The summed E-state index contributed by atoms with van der Waals surface area (Å²) in [5.74, 6) is 0.675. The molecule has 0 fully saturated rings. The molecular formula is C8H15B2O2. The standard InChI is InChI=1S/C8H15B2O2/c1-6(4-9)7(2)5-10-12-8(3)11/h6-7H,4-5H2,1-3H3. The first kappa shape index (κ1) is 11.6. The van der Waals surface area contributed by atoms with E-state index in [0.717, 1.165) is 6.32 Å². The number of hydrogen-bond acceptors (Lipinski definition) is 2. The van der Waals surface area contributed by atoms with Crippen LogP contribution >= 0.6 is 0 Å². The predicted octanol–water partition coefficient (Wildman–Crippen LogP) is 1.45. The quantitative estimate of drug-likeness (QED) is 0.576. The van der Waals surface area contributed by atoms with E-state index in [1.807, 2.05) is 0 Å². The Balaban J connectivity index is 3.43. The van der Waals surface area contributed by atoms with Gasteiger partial charge in [0.2, 0.25) is 0 Å². The molecule has 0 saturated heterocycles. The molecule has 0 heterocycles. The van der Waals surface area contributed by atoms with Crippen molar-refractivity contribution in [3.8, 4) is 0 Å². The highest BCUT2D eigenvalue weighted by Gasteiger charge is 2.11. The molecule has 0 aromatic rings. The topological polar surface area (TPSA) is 26.3 Å². The highest BCUT2D eigenvalue weighted by atomic mass is 16.5. The molecule has 0 spiro atoms. The summed E-state index contributed by atoms with van der Waals surface area (Å²) in [6.07, 6.45) is 1.45. The molecule has 3 radical (unpaired) electrons. The highest BCUT2D eigenvalue weighted by molar-refractivity contribution is 6.30. The molecule has 0 aliphatic rings. The van der Waals surface area contributed by atoms with Gasteiger partial charge >= 0.3 is 7.48 Å². The lowest BCUT2D eigenvalue weighted by molar-refractivity contribution is -0.131. The minimum absolute atomic E-state index is 0.261. The van der Waals surface area contributed by atoms with Gasteiger partial charge in [-0.2, -0.15) is 0 Å². The van der Waals surface area contributed by atoms with Crippen LogP contribution in [0.1, 0.15) is 20.8 Å². The Morgan fingerprint density at radius 2 is 2.08 bits per heavy atom. The maximum absolute atomic E-state index is 10.4. The zero-order valence-corrected chi connectivity index (χ0v) is 8.04. The zero-order valence-electron chi connectivity index (χ0n) is 8.04. The Labute approximate surface area is 76.7 Å². The summed E-state index contributed by atoms with van der Waals surface area (Å²) >= 11 is 0. The van der Waals surface area contributed by atoms with Gasteiger partial charge in [-0.25, -0.2) is 0 Å². The predicted molar refractivity (Wildman–Crippen MR) is 51.2 cm³/mol. The fourth-order valence-corrected chi connectivity index (χ4v) is 0.782. The Morgan fingerprint density at radius 3 is 2.50 bits per heavy atom. The smallest absolute Gasteiger partial charge is 0.374 e. The lowest BCUT2D eigenvalue weighted by atomic mass is 9.75. The Hall–Kier alpha value is -0.400. The second kappa shape index (κ2) is 6.15. The highest BCUT2D eigenvalue weighted by Crippen LogP contribution is 2.17. The van der Waals surface area contributed by atoms with Crippen molar-refractivity contribution < 1.29 is 9.45 Å². The first-order valence-corrected chi connectivity index (χ1v) is 4.26. The van der Waals surface area contributed by atoms with Gasteiger partial charge in [0, 0.05) is 6.92 Å². The number of carbonyl (C=O) groups excluding carboxylic acids is 1. The van der Waals surface area contributed by atoms with Gasteiger partial charge in [0.05, 0.1) is 7.85 Å². The zero-order chi connectivity index (χ0) is 9.56. The fourth-order valence-electron chi connectivity index (χ4n) is 0.782. The van der Waals surface area contributed by atoms with Crippen LogP contribution in [0.15, 0.2) is 0 Å². The molecule has 0 saturated carbocycles. The lowest BCUT2D eigenvalue weighted by Gasteiger charge is -2.16. The van der Waals surface area contributed by atoms with Gasteiger partial charge in [0.25, 0.3) is 5.97 Å². The molecule has 0 aromatic heterocycles. The first-order valence-electron chi connectivity index (χ1n) is 4.26. The molecule has 0 aromatic carbocycles. The third-order valence-corrected chi connectivity index (χ3v) is 2.06. The molecule has 2 atom stereocenters. The van der Waals surface area contributed by atoms with E-state index in [2.05, 4.69) is 13.8 Å². The third-order valence-electron chi connectivity index (χ3n) is 2.06. The summed E-state index contributed by atoms with van der Waals surface area (Å²) in [6, 6.07) is 0. The molecular weight excluding hydrogens is 150 g/mol. The summed E-state index contributed by atoms with van der Waals surface area (Å²) < 4.78 is 4.70. The summed E-state index contributed by atoms with van der Waals surface area (Å²) in [7, 11) is 7.04. The van der Waals surface area contributed by atoms with Crippen molar-refractivity contribution in [2.24, 2.45) is 11.8 Å². The molecule has 0 amide bonds. The molecule has 65 valence electrons.